The van der Waals surface area contributed by atoms with Crippen LogP contribution in [0.5, 0.6) is 0 Å². The summed E-state index contributed by atoms with van der Waals surface area (Å²) in [5.41, 5.74) is 2.72. The Labute approximate surface area is 180 Å². The number of anilines is 1. The molecular formula is C26H34N2S. The second kappa shape index (κ2) is 10.4. The normalized spacial score (nSPS) is 20.8. The minimum Gasteiger partial charge on any atom is -0.350 e. The first-order valence-electron chi connectivity index (χ1n) is 11.3. The van der Waals surface area contributed by atoms with Crippen LogP contribution in [0.15, 0.2) is 64.6 Å². The number of fused-ring (bicyclic) bond motifs is 1. The minimum atomic E-state index is 0.594. The van der Waals surface area contributed by atoms with Gasteiger partial charge in [-0.2, -0.15) is 0 Å². The number of allylic oxidation sites excluding steroid dienone is 1. The van der Waals surface area contributed by atoms with Gasteiger partial charge in [0.2, 0.25) is 0 Å². The summed E-state index contributed by atoms with van der Waals surface area (Å²) in [4.78, 5) is 0. The summed E-state index contributed by atoms with van der Waals surface area (Å²) in [6.07, 6.45) is 12.0. The van der Waals surface area contributed by atoms with Crippen LogP contribution in [0, 0.1) is 11.8 Å². The molecule has 0 spiro atoms. The van der Waals surface area contributed by atoms with Gasteiger partial charge in [0.05, 0.1) is 5.03 Å². The van der Waals surface area contributed by atoms with Crippen molar-refractivity contribution in [3.63, 3.8) is 0 Å². The van der Waals surface area contributed by atoms with Gasteiger partial charge in [0.15, 0.2) is 0 Å². The van der Waals surface area contributed by atoms with Crippen molar-refractivity contribution in [3.05, 3.63) is 64.6 Å². The SMILES string of the molecule is CC1CC=C(Nc2cccc3ccccc23)SC=C1CNCCC1CCCCC1. The molecule has 2 aromatic rings. The zero-order chi connectivity index (χ0) is 19.9. The van der Waals surface area contributed by atoms with Crippen LogP contribution < -0.4 is 10.6 Å². The molecule has 1 aliphatic heterocycles. The first-order chi connectivity index (χ1) is 14.3. The van der Waals surface area contributed by atoms with Crippen molar-refractivity contribution in [1.82, 2.24) is 5.32 Å². The molecule has 1 fully saturated rings. The first kappa shape index (κ1) is 20.6. The van der Waals surface area contributed by atoms with E-state index >= 15 is 0 Å². The summed E-state index contributed by atoms with van der Waals surface area (Å²) in [6, 6.07) is 15.1. The summed E-state index contributed by atoms with van der Waals surface area (Å²) < 4.78 is 0. The molecule has 1 saturated carbocycles. The number of benzene rings is 2. The van der Waals surface area contributed by atoms with E-state index in [4.69, 9.17) is 0 Å². The summed E-state index contributed by atoms with van der Waals surface area (Å²) >= 11 is 1.83. The molecule has 1 atom stereocenters. The predicted molar refractivity (Wildman–Crippen MR) is 129 cm³/mol. The Morgan fingerprint density at radius 1 is 1.00 bits per heavy atom. The molecule has 4 rings (SSSR count). The van der Waals surface area contributed by atoms with Gasteiger partial charge >= 0.3 is 0 Å². The van der Waals surface area contributed by atoms with Gasteiger partial charge in [-0.05, 0) is 53.7 Å². The molecule has 1 heterocycles. The van der Waals surface area contributed by atoms with E-state index in [2.05, 4.69) is 71.5 Å². The van der Waals surface area contributed by atoms with Crippen LogP contribution in [0.1, 0.15) is 51.9 Å². The molecule has 0 saturated heterocycles. The van der Waals surface area contributed by atoms with Crippen molar-refractivity contribution < 1.29 is 0 Å². The minimum absolute atomic E-state index is 0.594. The highest BCUT2D eigenvalue weighted by Crippen LogP contribution is 2.32. The van der Waals surface area contributed by atoms with Crippen molar-refractivity contribution in [1.29, 1.82) is 0 Å². The van der Waals surface area contributed by atoms with Gasteiger partial charge in [-0.1, -0.05) is 93.3 Å². The Morgan fingerprint density at radius 3 is 2.72 bits per heavy atom. The van der Waals surface area contributed by atoms with E-state index in [-0.39, 0.29) is 0 Å². The Kier molecular flexibility index (Phi) is 7.34. The predicted octanol–water partition coefficient (Wildman–Crippen LogP) is 7.31. The number of rotatable bonds is 7. The fourth-order valence-corrected chi connectivity index (χ4v) is 5.47. The third-order valence-corrected chi connectivity index (χ3v) is 7.40. The van der Waals surface area contributed by atoms with E-state index in [0.717, 1.165) is 25.4 Å². The van der Waals surface area contributed by atoms with Crippen molar-refractivity contribution in [2.24, 2.45) is 11.8 Å². The second-order valence-corrected chi connectivity index (χ2v) is 9.55. The topological polar surface area (TPSA) is 24.1 Å². The smallest absolute Gasteiger partial charge is 0.0727 e. The summed E-state index contributed by atoms with van der Waals surface area (Å²) in [5, 5.41) is 13.6. The molecule has 2 aliphatic rings. The molecule has 29 heavy (non-hydrogen) atoms. The van der Waals surface area contributed by atoms with Crippen LogP contribution in [0.4, 0.5) is 5.69 Å². The molecule has 0 amide bonds. The Bertz CT molecular complexity index is 859. The maximum absolute atomic E-state index is 3.72. The van der Waals surface area contributed by atoms with Crippen molar-refractivity contribution in [2.45, 2.75) is 51.9 Å². The molecule has 2 nitrogen and oxygen atoms in total. The van der Waals surface area contributed by atoms with Gasteiger partial charge in [0.1, 0.15) is 0 Å². The molecule has 1 unspecified atom stereocenters. The van der Waals surface area contributed by atoms with Crippen molar-refractivity contribution in [2.75, 3.05) is 18.4 Å². The standard InChI is InChI=1S/C26H34N2S/c1-20-14-15-26(28-25-13-7-11-22-10-5-6-12-24(22)25)29-19-23(20)18-27-17-16-21-8-3-2-4-9-21/h5-7,10-13,15,19-21,27-28H,2-4,8-9,14,16-18H2,1H3. The number of hydrogen-bond donors (Lipinski definition) is 2. The van der Waals surface area contributed by atoms with Gasteiger partial charge in [0, 0.05) is 17.6 Å². The van der Waals surface area contributed by atoms with Crippen LogP contribution in [0.2, 0.25) is 0 Å². The monoisotopic (exact) mass is 406 g/mol. The Morgan fingerprint density at radius 2 is 1.83 bits per heavy atom. The highest BCUT2D eigenvalue weighted by atomic mass is 32.2. The first-order valence-corrected chi connectivity index (χ1v) is 12.2. The average molecular weight is 407 g/mol. The molecule has 0 bridgehead atoms. The number of nitrogens with one attached hydrogen (secondary N) is 2. The van der Waals surface area contributed by atoms with E-state index in [1.807, 2.05) is 11.8 Å². The maximum Gasteiger partial charge on any atom is 0.0727 e. The lowest BCUT2D eigenvalue weighted by Gasteiger charge is -2.22. The fraction of sp³-hybridized carbons (Fsp3) is 0.462. The van der Waals surface area contributed by atoms with Crippen LogP contribution in [-0.4, -0.2) is 13.1 Å². The lowest BCUT2D eigenvalue weighted by atomic mass is 9.87. The quantitative estimate of drug-likeness (QED) is 0.471. The third-order valence-electron chi connectivity index (χ3n) is 6.46. The van der Waals surface area contributed by atoms with E-state index in [1.165, 1.54) is 65.6 Å². The lowest BCUT2D eigenvalue weighted by Crippen LogP contribution is -2.23. The van der Waals surface area contributed by atoms with Gasteiger partial charge in [-0.3, -0.25) is 0 Å². The van der Waals surface area contributed by atoms with E-state index < -0.39 is 0 Å². The zero-order valence-electron chi connectivity index (χ0n) is 17.6. The van der Waals surface area contributed by atoms with E-state index in [0.29, 0.717) is 5.92 Å². The molecule has 1 aliphatic carbocycles. The molecular weight excluding hydrogens is 372 g/mol. The number of thioether (sulfide) groups is 1. The van der Waals surface area contributed by atoms with Crippen LogP contribution in [-0.2, 0) is 0 Å². The highest BCUT2D eigenvalue weighted by Gasteiger charge is 2.15. The maximum atomic E-state index is 3.72. The van der Waals surface area contributed by atoms with Gasteiger partial charge in [-0.15, -0.1) is 0 Å². The average Bonchev–Trinajstić information content (AvgIpc) is 2.94. The third kappa shape index (κ3) is 5.67. The van der Waals surface area contributed by atoms with Gasteiger partial charge in [0.25, 0.3) is 0 Å². The number of hydrogen-bond acceptors (Lipinski definition) is 3. The molecule has 0 radical (unpaired) electrons. The Balaban J connectivity index is 1.31. The van der Waals surface area contributed by atoms with Crippen LogP contribution in [0.3, 0.4) is 0 Å². The van der Waals surface area contributed by atoms with Crippen molar-refractivity contribution >= 4 is 28.2 Å². The molecule has 0 aromatic heterocycles. The van der Waals surface area contributed by atoms with Gasteiger partial charge < -0.3 is 10.6 Å². The highest BCUT2D eigenvalue weighted by molar-refractivity contribution is 8.05. The summed E-state index contributed by atoms with van der Waals surface area (Å²) in [6.45, 7) is 4.54. The Hall–Kier alpha value is -1.71. The fourth-order valence-electron chi connectivity index (χ4n) is 4.52. The molecule has 2 N–H and O–H groups in total. The van der Waals surface area contributed by atoms with Gasteiger partial charge in [-0.25, -0.2) is 0 Å². The molecule has 2 aromatic carbocycles. The molecule has 154 valence electrons. The van der Waals surface area contributed by atoms with Crippen molar-refractivity contribution in [3.8, 4) is 0 Å². The van der Waals surface area contributed by atoms with E-state index in [1.54, 1.807) is 0 Å². The second-order valence-electron chi connectivity index (χ2n) is 8.64. The summed E-state index contributed by atoms with van der Waals surface area (Å²) in [7, 11) is 0. The van der Waals surface area contributed by atoms with E-state index in [9.17, 15) is 0 Å². The van der Waals surface area contributed by atoms with Crippen LogP contribution >= 0.6 is 11.8 Å². The zero-order valence-corrected chi connectivity index (χ0v) is 18.4. The van der Waals surface area contributed by atoms with Crippen LogP contribution in [0.25, 0.3) is 10.8 Å². The summed E-state index contributed by atoms with van der Waals surface area (Å²) in [5.74, 6) is 1.56. The lowest BCUT2D eigenvalue weighted by molar-refractivity contribution is 0.335. The molecule has 3 heteroatoms. The largest absolute Gasteiger partial charge is 0.350 e.